The maximum atomic E-state index is 5.66. The van der Waals surface area contributed by atoms with E-state index in [-0.39, 0.29) is 11.6 Å². The molecule has 4 N–H and O–H groups in total. The summed E-state index contributed by atoms with van der Waals surface area (Å²) in [4.78, 5) is 0. The molecule has 2 heteroatoms. The van der Waals surface area contributed by atoms with Crippen LogP contribution in [0, 0.1) is 0 Å². The highest BCUT2D eigenvalue weighted by atomic mass is 14.9. The summed E-state index contributed by atoms with van der Waals surface area (Å²) in [5, 5.41) is 0. The van der Waals surface area contributed by atoms with Gasteiger partial charge in [-0.05, 0) is 19.8 Å². The van der Waals surface area contributed by atoms with E-state index in [0.29, 0.717) is 0 Å². The van der Waals surface area contributed by atoms with Crippen LogP contribution in [-0.4, -0.2) is 11.6 Å². The molecule has 1 aliphatic carbocycles. The van der Waals surface area contributed by atoms with Crippen LogP contribution in [0.25, 0.3) is 0 Å². The van der Waals surface area contributed by atoms with Gasteiger partial charge in [0.1, 0.15) is 0 Å². The van der Waals surface area contributed by atoms with Gasteiger partial charge in [-0.1, -0.05) is 0 Å². The highest BCUT2D eigenvalue weighted by molar-refractivity contribution is 5.04. The molecule has 42 valence electrons. The van der Waals surface area contributed by atoms with Gasteiger partial charge in [0.25, 0.3) is 0 Å². The molecule has 0 aromatic heterocycles. The molecule has 0 aliphatic heterocycles. The third-order valence-electron chi connectivity index (χ3n) is 1.73. The quantitative estimate of drug-likeness (QED) is 0.480. The maximum absolute atomic E-state index is 5.66. The van der Waals surface area contributed by atoms with Gasteiger partial charge in [0.15, 0.2) is 0 Å². The molecule has 0 amide bonds. The minimum absolute atomic E-state index is 0.0278. The predicted octanol–water partition coefficient (Wildman–Crippen LogP) is -0.175. The molecule has 0 saturated heterocycles. The van der Waals surface area contributed by atoms with Gasteiger partial charge in [-0.15, -0.1) is 0 Å². The van der Waals surface area contributed by atoms with Gasteiger partial charge in [-0.2, -0.15) is 0 Å². The van der Waals surface area contributed by atoms with Crippen molar-refractivity contribution in [2.75, 3.05) is 0 Å². The van der Waals surface area contributed by atoms with E-state index >= 15 is 0 Å². The fourth-order valence-electron chi connectivity index (χ4n) is 0.600. The average Bonchev–Trinajstić information content (AvgIpc) is 2.21. The minimum Gasteiger partial charge on any atom is -0.326 e. The normalized spacial score (nSPS) is 29.6. The molecule has 0 spiro atoms. The van der Waals surface area contributed by atoms with Gasteiger partial charge in [-0.25, -0.2) is 0 Å². The third kappa shape index (κ3) is 0.763. The van der Waals surface area contributed by atoms with Gasteiger partial charge in [0.2, 0.25) is 0 Å². The number of nitrogens with two attached hydrogens (primary N) is 2. The van der Waals surface area contributed by atoms with Crippen molar-refractivity contribution in [2.24, 2.45) is 11.5 Å². The summed E-state index contributed by atoms with van der Waals surface area (Å²) in [5.74, 6) is 0. The average molecular weight is 100 g/mol. The summed E-state index contributed by atoms with van der Waals surface area (Å²) in [6.45, 7) is 1.97. The molecule has 1 rings (SSSR count). The predicted molar refractivity (Wildman–Crippen MR) is 29.8 cm³/mol. The molecule has 7 heavy (non-hydrogen) atoms. The third-order valence-corrected chi connectivity index (χ3v) is 1.73. The van der Waals surface area contributed by atoms with Gasteiger partial charge in [0.05, 0.1) is 0 Å². The molecule has 0 aromatic rings. The Morgan fingerprint density at radius 2 is 2.00 bits per heavy atom. The standard InChI is InChI=1S/C5H12N2/c1-4(6)5(7)2-3-5/h4H,2-3,6-7H2,1H3. The maximum Gasteiger partial charge on any atom is 0.0306 e. The smallest absolute Gasteiger partial charge is 0.0306 e. The molecule has 0 aromatic carbocycles. The van der Waals surface area contributed by atoms with E-state index in [0.717, 1.165) is 12.8 Å². The fraction of sp³-hybridized carbons (Fsp3) is 1.00. The van der Waals surface area contributed by atoms with Gasteiger partial charge in [0, 0.05) is 11.6 Å². The van der Waals surface area contributed by atoms with Crippen molar-refractivity contribution in [1.82, 2.24) is 0 Å². The van der Waals surface area contributed by atoms with E-state index in [2.05, 4.69) is 0 Å². The lowest BCUT2D eigenvalue weighted by Gasteiger charge is -2.11. The summed E-state index contributed by atoms with van der Waals surface area (Å²) in [5.41, 5.74) is 11.2. The van der Waals surface area contributed by atoms with Crippen molar-refractivity contribution in [1.29, 1.82) is 0 Å². The van der Waals surface area contributed by atoms with Crippen LogP contribution in [0.3, 0.4) is 0 Å². The second kappa shape index (κ2) is 1.20. The second-order valence-corrected chi connectivity index (χ2v) is 2.52. The molecule has 1 fully saturated rings. The zero-order chi connectivity index (χ0) is 5.49. The summed E-state index contributed by atoms with van der Waals surface area (Å²) < 4.78 is 0. The molecule has 0 bridgehead atoms. The van der Waals surface area contributed by atoms with Crippen LogP contribution in [0.2, 0.25) is 0 Å². The van der Waals surface area contributed by atoms with Crippen molar-refractivity contribution < 1.29 is 0 Å². The Bertz CT molecular complexity index is 74.1. The number of hydrogen-bond acceptors (Lipinski definition) is 2. The highest BCUT2D eigenvalue weighted by Gasteiger charge is 2.41. The van der Waals surface area contributed by atoms with Crippen molar-refractivity contribution in [2.45, 2.75) is 31.3 Å². The SMILES string of the molecule is CC(N)C1(N)CC1. The van der Waals surface area contributed by atoms with E-state index < -0.39 is 0 Å². The molecular weight excluding hydrogens is 88.1 g/mol. The Morgan fingerprint density at radius 3 is 2.00 bits per heavy atom. The zero-order valence-corrected chi connectivity index (χ0v) is 4.65. The van der Waals surface area contributed by atoms with Crippen molar-refractivity contribution in [3.63, 3.8) is 0 Å². The van der Waals surface area contributed by atoms with E-state index in [4.69, 9.17) is 11.5 Å². The largest absolute Gasteiger partial charge is 0.326 e. The first kappa shape index (κ1) is 5.06. The van der Waals surface area contributed by atoms with Crippen LogP contribution >= 0.6 is 0 Å². The van der Waals surface area contributed by atoms with Gasteiger partial charge >= 0.3 is 0 Å². The van der Waals surface area contributed by atoms with E-state index in [9.17, 15) is 0 Å². The zero-order valence-electron chi connectivity index (χ0n) is 4.65. The van der Waals surface area contributed by atoms with Crippen LogP contribution < -0.4 is 11.5 Å². The molecule has 1 aliphatic rings. The first-order valence-corrected chi connectivity index (χ1v) is 2.70. The Labute approximate surface area is 43.9 Å². The summed E-state index contributed by atoms with van der Waals surface area (Å²) in [6, 6.07) is 0.187. The molecule has 1 saturated carbocycles. The van der Waals surface area contributed by atoms with Gasteiger partial charge in [-0.3, -0.25) is 0 Å². The first-order chi connectivity index (χ1) is 3.15. The monoisotopic (exact) mass is 100 g/mol. The Kier molecular flexibility index (Phi) is 0.869. The second-order valence-electron chi connectivity index (χ2n) is 2.52. The lowest BCUT2D eigenvalue weighted by atomic mass is 10.1. The highest BCUT2D eigenvalue weighted by Crippen LogP contribution is 2.34. The molecular formula is C5H12N2. The van der Waals surface area contributed by atoms with E-state index in [1.165, 1.54) is 0 Å². The number of rotatable bonds is 1. The molecule has 1 unspecified atom stereocenters. The van der Waals surface area contributed by atoms with Crippen molar-refractivity contribution in [3.8, 4) is 0 Å². The van der Waals surface area contributed by atoms with E-state index in [1.807, 2.05) is 6.92 Å². The Hall–Kier alpha value is -0.0800. The summed E-state index contributed by atoms with van der Waals surface area (Å²) in [6.07, 6.45) is 2.23. The summed E-state index contributed by atoms with van der Waals surface area (Å²) >= 11 is 0. The Balaban J connectivity index is 2.39. The molecule has 0 heterocycles. The lowest BCUT2D eigenvalue weighted by molar-refractivity contribution is 0.550. The summed E-state index contributed by atoms with van der Waals surface area (Å²) in [7, 11) is 0. The number of hydrogen-bond donors (Lipinski definition) is 2. The Morgan fingerprint density at radius 1 is 1.57 bits per heavy atom. The van der Waals surface area contributed by atoms with Crippen LogP contribution in [0.15, 0.2) is 0 Å². The van der Waals surface area contributed by atoms with Crippen LogP contribution in [0.4, 0.5) is 0 Å². The van der Waals surface area contributed by atoms with Crippen LogP contribution in [0.5, 0.6) is 0 Å². The van der Waals surface area contributed by atoms with Crippen LogP contribution in [0.1, 0.15) is 19.8 Å². The molecule has 2 nitrogen and oxygen atoms in total. The molecule has 1 atom stereocenters. The lowest BCUT2D eigenvalue weighted by Crippen LogP contribution is -2.41. The van der Waals surface area contributed by atoms with Crippen molar-refractivity contribution in [3.05, 3.63) is 0 Å². The van der Waals surface area contributed by atoms with E-state index in [1.54, 1.807) is 0 Å². The van der Waals surface area contributed by atoms with Gasteiger partial charge < -0.3 is 11.5 Å². The topological polar surface area (TPSA) is 52.0 Å². The fourth-order valence-corrected chi connectivity index (χ4v) is 0.600. The van der Waals surface area contributed by atoms with Crippen molar-refractivity contribution >= 4 is 0 Å². The molecule has 0 radical (unpaired) electrons. The first-order valence-electron chi connectivity index (χ1n) is 2.70. The van der Waals surface area contributed by atoms with Crippen LogP contribution in [-0.2, 0) is 0 Å². The minimum atomic E-state index is 0.0278.